The minimum Gasteiger partial charge on any atom is -0.379 e. The molecule has 1 aliphatic rings. The van der Waals surface area contributed by atoms with E-state index in [9.17, 15) is 8.42 Å². The Morgan fingerprint density at radius 3 is 2.48 bits per heavy atom. The van der Waals surface area contributed by atoms with Crippen molar-refractivity contribution in [2.75, 3.05) is 46.4 Å². The summed E-state index contributed by atoms with van der Waals surface area (Å²) in [5, 5.41) is 0. The normalized spacial score (nSPS) is 17.3. The first kappa shape index (κ1) is 16.4. The molecule has 1 saturated heterocycles. The number of sulfonamides is 1. The summed E-state index contributed by atoms with van der Waals surface area (Å²) in [5.41, 5.74) is 2.10. The molecule has 21 heavy (non-hydrogen) atoms. The fourth-order valence-electron chi connectivity index (χ4n) is 2.28. The molecule has 5 nitrogen and oxygen atoms in total. The summed E-state index contributed by atoms with van der Waals surface area (Å²) in [4.78, 5) is 2.60. The second-order valence-corrected chi connectivity index (χ2v) is 7.57. The van der Waals surface area contributed by atoms with Gasteiger partial charge in [0, 0.05) is 33.2 Å². The molecule has 0 aromatic heterocycles. The topological polar surface area (TPSA) is 49.9 Å². The summed E-state index contributed by atoms with van der Waals surface area (Å²) >= 11 is 0. The van der Waals surface area contributed by atoms with Crippen LogP contribution in [0, 0.1) is 13.8 Å². The minimum absolute atomic E-state index is 0.370. The van der Waals surface area contributed by atoms with Gasteiger partial charge in [0.25, 0.3) is 0 Å². The molecule has 0 bridgehead atoms. The number of morpholine rings is 1. The van der Waals surface area contributed by atoms with E-state index in [-0.39, 0.29) is 0 Å². The second kappa shape index (κ2) is 6.87. The molecule has 1 aromatic rings. The van der Waals surface area contributed by atoms with E-state index in [1.165, 1.54) is 4.31 Å². The SMILES string of the molecule is Cc1ccc(S(=O)(=O)N(C)CCN2CCOCC2)cc1C. The zero-order chi connectivity index (χ0) is 15.5. The molecule has 6 heteroatoms. The maximum atomic E-state index is 12.6. The summed E-state index contributed by atoms with van der Waals surface area (Å²) in [6.45, 7) is 8.35. The maximum absolute atomic E-state index is 12.6. The number of rotatable bonds is 5. The first-order valence-corrected chi connectivity index (χ1v) is 8.69. The van der Waals surface area contributed by atoms with Crippen molar-refractivity contribution < 1.29 is 13.2 Å². The third-order valence-corrected chi connectivity index (χ3v) is 5.87. The lowest BCUT2D eigenvalue weighted by Crippen LogP contribution is -2.41. The Morgan fingerprint density at radius 2 is 1.86 bits per heavy atom. The van der Waals surface area contributed by atoms with Gasteiger partial charge in [-0.3, -0.25) is 4.90 Å². The molecule has 0 amide bonds. The van der Waals surface area contributed by atoms with E-state index >= 15 is 0 Å². The Balaban J connectivity index is 2.02. The maximum Gasteiger partial charge on any atom is 0.242 e. The van der Waals surface area contributed by atoms with Crippen LogP contribution in [0.4, 0.5) is 0 Å². The van der Waals surface area contributed by atoms with Crippen LogP contribution < -0.4 is 0 Å². The van der Waals surface area contributed by atoms with Gasteiger partial charge >= 0.3 is 0 Å². The second-order valence-electron chi connectivity index (χ2n) is 5.53. The van der Waals surface area contributed by atoms with E-state index in [1.54, 1.807) is 19.2 Å². The largest absolute Gasteiger partial charge is 0.379 e. The van der Waals surface area contributed by atoms with Crippen LogP contribution in [0.2, 0.25) is 0 Å². The highest BCUT2D eigenvalue weighted by Gasteiger charge is 2.22. The molecular formula is C15H24N2O3S. The molecule has 118 valence electrons. The van der Waals surface area contributed by atoms with Gasteiger partial charge in [-0.05, 0) is 37.1 Å². The number of ether oxygens (including phenoxy) is 1. The monoisotopic (exact) mass is 312 g/mol. The molecule has 1 aliphatic heterocycles. The molecule has 1 heterocycles. The third kappa shape index (κ3) is 4.03. The third-order valence-electron chi connectivity index (χ3n) is 4.02. The van der Waals surface area contributed by atoms with Crippen LogP contribution in [-0.4, -0.2) is 64.1 Å². The predicted octanol–water partition coefficient (Wildman–Crippen LogP) is 1.26. The number of nitrogens with zero attached hydrogens (tertiary/aromatic N) is 2. The van der Waals surface area contributed by atoms with Crippen LogP contribution in [0.5, 0.6) is 0 Å². The molecule has 0 spiro atoms. The summed E-state index contributed by atoms with van der Waals surface area (Å²) in [5.74, 6) is 0. The molecule has 1 aromatic carbocycles. The first-order valence-electron chi connectivity index (χ1n) is 7.25. The van der Waals surface area contributed by atoms with Gasteiger partial charge in [0.05, 0.1) is 18.1 Å². The van der Waals surface area contributed by atoms with Gasteiger partial charge in [0.15, 0.2) is 0 Å². The van der Waals surface area contributed by atoms with Gasteiger partial charge in [-0.15, -0.1) is 0 Å². The van der Waals surface area contributed by atoms with Crippen molar-refractivity contribution in [1.29, 1.82) is 0 Å². The Bertz CT molecular complexity index is 581. The molecule has 2 rings (SSSR count). The van der Waals surface area contributed by atoms with Crippen molar-refractivity contribution >= 4 is 10.0 Å². The van der Waals surface area contributed by atoms with Crippen molar-refractivity contribution in [3.63, 3.8) is 0 Å². The van der Waals surface area contributed by atoms with Gasteiger partial charge < -0.3 is 4.74 Å². The van der Waals surface area contributed by atoms with E-state index in [2.05, 4.69) is 4.90 Å². The molecule has 0 radical (unpaired) electrons. The molecular weight excluding hydrogens is 288 g/mol. The average molecular weight is 312 g/mol. The van der Waals surface area contributed by atoms with E-state index in [4.69, 9.17) is 4.74 Å². The van der Waals surface area contributed by atoms with Crippen molar-refractivity contribution in [2.24, 2.45) is 0 Å². The van der Waals surface area contributed by atoms with E-state index in [0.717, 1.165) is 44.0 Å². The summed E-state index contributed by atoms with van der Waals surface area (Å²) in [6, 6.07) is 5.29. The molecule has 0 N–H and O–H groups in total. The molecule has 0 saturated carbocycles. The first-order chi connectivity index (χ1) is 9.91. The van der Waals surface area contributed by atoms with Crippen molar-refractivity contribution in [2.45, 2.75) is 18.7 Å². The van der Waals surface area contributed by atoms with Gasteiger partial charge in [-0.2, -0.15) is 4.31 Å². The minimum atomic E-state index is -3.40. The quantitative estimate of drug-likeness (QED) is 0.821. The van der Waals surface area contributed by atoms with Crippen LogP contribution in [0.3, 0.4) is 0 Å². The van der Waals surface area contributed by atoms with Crippen molar-refractivity contribution in [1.82, 2.24) is 9.21 Å². The van der Waals surface area contributed by atoms with Gasteiger partial charge in [0.2, 0.25) is 10.0 Å². The number of benzene rings is 1. The predicted molar refractivity (Wildman–Crippen MR) is 83.0 cm³/mol. The van der Waals surface area contributed by atoms with Crippen LogP contribution in [0.25, 0.3) is 0 Å². The molecule has 0 atom stereocenters. The van der Waals surface area contributed by atoms with Gasteiger partial charge in [0.1, 0.15) is 0 Å². The Labute approximate surface area is 127 Å². The molecule has 0 aliphatic carbocycles. The fraction of sp³-hybridized carbons (Fsp3) is 0.600. The molecule has 0 unspecified atom stereocenters. The lowest BCUT2D eigenvalue weighted by molar-refractivity contribution is 0.0368. The van der Waals surface area contributed by atoms with E-state index < -0.39 is 10.0 Å². The van der Waals surface area contributed by atoms with Gasteiger partial charge in [-0.1, -0.05) is 6.07 Å². The van der Waals surface area contributed by atoms with Crippen LogP contribution >= 0.6 is 0 Å². The standard InChI is InChI=1S/C15H24N2O3S/c1-13-4-5-15(12-14(13)2)21(18,19)16(3)6-7-17-8-10-20-11-9-17/h4-5,12H,6-11H2,1-3H3. The van der Waals surface area contributed by atoms with Gasteiger partial charge in [-0.25, -0.2) is 8.42 Å². The number of hydrogen-bond donors (Lipinski definition) is 0. The van der Waals surface area contributed by atoms with E-state index in [1.807, 2.05) is 19.9 Å². The Kier molecular flexibility index (Phi) is 5.37. The smallest absolute Gasteiger partial charge is 0.242 e. The van der Waals surface area contributed by atoms with Crippen LogP contribution in [0.1, 0.15) is 11.1 Å². The zero-order valence-electron chi connectivity index (χ0n) is 13.0. The Morgan fingerprint density at radius 1 is 1.19 bits per heavy atom. The summed E-state index contributed by atoms with van der Waals surface area (Å²) < 4.78 is 31.8. The van der Waals surface area contributed by atoms with Crippen LogP contribution in [0.15, 0.2) is 23.1 Å². The highest BCUT2D eigenvalue weighted by atomic mass is 32.2. The van der Waals surface area contributed by atoms with Crippen molar-refractivity contribution in [3.05, 3.63) is 29.3 Å². The summed E-state index contributed by atoms with van der Waals surface area (Å²) in [7, 11) is -1.76. The van der Waals surface area contributed by atoms with Crippen molar-refractivity contribution in [3.8, 4) is 0 Å². The Hall–Kier alpha value is -0.950. The van der Waals surface area contributed by atoms with E-state index in [0.29, 0.717) is 11.4 Å². The lowest BCUT2D eigenvalue weighted by atomic mass is 10.1. The average Bonchev–Trinajstić information content (AvgIpc) is 2.48. The molecule has 1 fully saturated rings. The number of likely N-dealkylation sites (N-methyl/N-ethyl adjacent to an activating group) is 1. The number of hydrogen-bond acceptors (Lipinski definition) is 4. The highest BCUT2D eigenvalue weighted by Crippen LogP contribution is 2.18. The fourth-order valence-corrected chi connectivity index (χ4v) is 3.53. The summed E-state index contributed by atoms with van der Waals surface area (Å²) in [6.07, 6.45) is 0. The highest BCUT2D eigenvalue weighted by molar-refractivity contribution is 7.89. The lowest BCUT2D eigenvalue weighted by Gasteiger charge is -2.28. The van der Waals surface area contributed by atoms with Crippen LogP contribution in [-0.2, 0) is 14.8 Å². The zero-order valence-corrected chi connectivity index (χ0v) is 13.8. The number of aryl methyl sites for hydroxylation is 2.